The molecule has 110 valence electrons. The van der Waals surface area contributed by atoms with Crippen LogP contribution in [0.5, 0.6) is 0 Å². The molecule has 0 saturated carbocycles. The monoisotopic (exact) mass is 344 g/mol. The van der Waals surface area contributed by atoms with E-state index < -0.39 is 21.5 Å². The standard InChI is InChI=1S/C13H17BrN2O4/c1-4-20-12(17)15-11(13(3,14)16(18)19)10-7-5-9(2)6-8-10/h5-8,11H,4H2,1-3H3,(H,15,17). The van der Waals surface area contributed by atoms with Crippen molar-refractivity contribution in [2.45, 2.75) is 31.3 Å². The third kappa shape index (κ3) is 3.93. The van der Waals surface area contributed by atoms with Gasteiger partial charge in [-0.2, -0.15) is 0 Å². The predicted octanol–water partition coefficient (Wildman–Crippen LogP) is 3.17. The van der Waals surface area contributed by atoms with Crippen molar-refractivity contribution in [1.29, 1.82) is 0 Å². The van der Waals surface area contributed by atoms with E-state index in [1.807, 2.05) is 19.1 Å². The van der Waals surface area contributed by atoms with Gasteiger partial charge in [0.25, 0.3) is 4.45 Å². The maximum absolute atomic E-state index is 11.6. The fourth-order valence-corrected chi connectivity index (χ4v) is 2.05. The third-order valence-corrected chi connectivity index (χ3v) is 3.58. The van der Waals surface area contributed by atoms with E-state index in [1.54, 1.807) is 19.1 Å². The van der Waals surface area contributed by atoms with E-state index in [9.17, 15) is 14.9 Å². The smallest absolute Gasteiger partial charge is 0.407 e. The Labute approximate surface area is 125 Å². The second-order valence-electron chi connectivity index (χ2n) is 4.49. The number of hydrogen-bond acceptors (Lipinski definition) is 4. The number of carbonyl (C=O) groups is 1. The van der Waals surface area contributed by atoms with Crippen LogP contribution in [-0.2, 0) is 4.74 Å². The molecular formula is C13H17BrN2O4. The van der Waals surface area contributed by atoms with Gasteiger partial charge in [-0.3, -0.25) is 10.1 Å². The molecule has 1 aromatic carbocycles. The first-order valence-electron chi connectivity index (χ1n) is 6.12. The number of amides is 1. The first kappa shape index (κ1) is 16.4. The Morgan fingerprint density at radius 3 is 2.50 bits per heavy atom. The van der Waals surface area contributed by atoms with Gasteiger partial charge in [-0.15, -0.1) is 0 Å². The van der Waals surface area contributed by atoms with Gasteiger partial charge in [0, 0.05) is 27.8 Å². The summed E-state index contributed by atoms with van der Waals surface area (Å²) >= 11 is 3.08. The van der Waals surface area contributed by atoms with E-state index in [0.717, 1.165) is 5.56 Å². The normalized spacial score (nSPS) is 15.0. The van der Waals surface area contributed by atoms with Crippen molar-refractivity contribution in [2.75, 3.05) is 6.61 Å². The Hall–Kier alpha value is -1.63. The lowest BCUT2D eigenvalue weighted by atomic mass is 10.00. The van der Waals surface area contributed by atoms with Crippen LogP contribution in [0, 0.1) is 17.0 Å². The van der Waals surface area contributed by atoms with Crippen LogP contribution < -0.4 is 5.32 Å². The molecule has 0 aliphatic heterocycles. The molecule has 0 saturated heterocycles. The number of ether oxygens (including phenoxy) is 1. The number of rotatable bonds is 5. The van der Waals surface area contributed by atoms with Crippen molar-refractivity contribution in [1.82, 2.24) is 5.32 Å². The van der Waals surface area contributed by atoms with Crippen molar-refractivity contribution in [3.63, 3.8) is 0 Å². The van der Waals surface area contributed by atoms with Gasteiger partial charge >= 0.3 is 6.09 Å². The second-order valence-corrected chi connectivity index (χ2v) is 6.10. The molecular weight excluding hydrogens is 328 g/mol. The summed E-state index contributed by atoms with van der Waals surface area (Å²) in [6.45, 7) is 5.17. The lowest BCUT2D eigenvalue weighted by Crippen LogP contribution is -2.45. The summed E-state index contributed by atoms with van der Waals surface area (Å²) in [6, 6.07) is 6.30. The molecule has 0 aliphatic carbocycles. The number of alkyl carbamates (subject to hydrolysis) is 1. The third-order valence-electron chi connectivity index (χ3n) is 2.83. The molecule has 1 amide bonds. The summed E-state index contributed by atoms with van der Waals surface area (Å²) in [5.74, 6) is 0. The number of aryl methyl sites for hydroxylation is 1. The Bertz CT molecular complexity index is 488. The molecule has 1 aromatic rings. The summed E-state index contributed by atoms with van der Waals surface area (Å²) in [5.41, 5.74) is 1.65. The number of halogens is 1. The highest BCUT2D eigenvalue weighted by atomic mass is 79.9. The first-order valence-corrected chi connectivity index (χ1v) is 6.91. The Balaban J connectivity index is 3.10. The minimum atomic E-state index is -1.53. The number of alkyl halides is 1. The van der Waals surface area contributed by atoms with Crippen molar-refractivity contribution >= 4 is 22.0 Å². The van der Waals surface area contributed by atoms with Crippen LogP contribution in [0.4, 0.5) is 4.79 Å². The Kier molecular flexibility index (Phi) is 5.50. The van der Waals surface area contributed by atoms with Crippen LogP contribution in [-0.4, -0.2) is 22.1 Å². The van der Waals surface area contributed by atoms with Crippen LogP contribution in [0.2, 0.25) is 0 Å². The molecule has 0 aliphatic rings. The van der Waals surface area contributed by atoms with Gasteiger partial charge in [-0.05, 0) is 19.4 Å². The highest BCUT2D eigenvalue weighted by Gasteiger charge is 2.45. The van der Waals surface area contributed by atoms with Gasteiger partial charge in [0.1, 0.15) is 6.04 Å². The molecule has 6 nitrogen and oxygen atoms in total. The molecule has 0 spiro atoms. The highest BCUT2D eigenvalue weighted by Crippen LogP contribution is 2.34. The summed E-state index contributed by atoms with van der Waals surface area (Å²) in [6.07, 6.45) is -0.689. The molecule has 7 heteroatoms. The van der Waals surface area contributed by atoms with Crippen molar-refractivity contribution in [3.8, 4) is 0 Å². The summed E-state index contributed by atoms with van der Waals surface area (Å²) in [5, 5.41) is 13.7. The van der Waals surface area contributed by atoms with E-state index in [1.165, 1.54) is 6.92 Å². The Morgan fingerprint density at radius 1 is 1.50 bits per heavy atom. The average Bonchev–Trinajstić information content (AvgIpc) is 2.37. The van der Waals surface area contributed by atoms with Gasteiger partial charge < -0.3 is 10.1 Å². The van der Waals surface area contributed by atoms with E-state index in [2.05, 4.69) is 21.2 Å². The zero-order valence-electron chi connectivity index (χ0n) is 11.6. The number of hydrogen-bond donors (Lipinski definition) is 1. The largest absolute Gasteiger partial charge is 0.450 e. The second kappa shape index (κ2) is 6.69. The lowest BCUT2D eigenvalue weighted by molar-refractivity contribution is -0.536. The molecule has 1 N–H and O–H groups in total. The van der Waals surface area contributed by atoms with Gasteiger partial charge in [0.2, 0.25) is 0 Å². The molecule has 0 fully saturated rings. The van der Waals surface area contributed by atoms with Gasteiger partial charge in [0.15, 0.2) is 0 Å². The van der Waals surface area contributed by atoms with Crippen molar-refractivity contribution < 1.29 is 14.5 Å². The van der Waals surface area contributed by atoms with Crippen LogP contribution in [0.3, 0.4) is 0 Å². The fourth-order valence-electron chi connectivity index (χ4n) is 1.67. The molecule has 0 radical (unpaired) electrons. The van der Waals surface area contributed by atoms with Gasteiger partial charge in [-0.25, -0.2) is 4.79 Å². The SMILES string of the molecule is CCOC(=O)NC(c1ccc(C)cc1)C(C)(Br)[N+](=O)[O-]. The number of carbonyl (C=O) groups excluding carboxylic acids is 1. The van der Waals surface area contributed by atoms with Crippen molar-refractivity contribution in [2.24, 2.45) is 0 Å². The fraction of sp³-hybridized carbons (Fsp3) is 0.462. The Morgan fingerprint density at radius 2 is 2.05 bits per heavy atom. The number of nitrogens with one attached hydrogen (secondary N) is 1. The first-order chi connectivity index (χ1) is 9.28. The zero-order valence-corrected chi connectivity index (χ0v) is 13.1. The number of nitro groups is 1. The van der Waals surface area contributed by atoms with Crippen LogP contribution in [0.1, 0.15) is 31.0 Å². The molecule has 20 heavy (non-hydrogen) atoms. The van der Waals surface area contributed by atoms with Crippen LogP contribution in [0.15, 0.2) is 24.3 Å². The minimum absolute atomic E-state index is 0.198. The van der Waals surface area contributed by atoms with Crippen LogP contribution >= 0.6 is 15.9 Å². The summed E-state index contributed by atoms with van der Waals surface area (Å²) < 4.78 is 3.27. The van der Waals surface area contributed by atoms with E-state index in [4.69, 9.17) is 4.74 Å². The average molecular weight is 345 g/mol. The highest BCUT2D eigenvalue weighted by molar-refractivity contribution is 9.10. The van der Waals surface area contributed by atoms with Crippen molar-refractivity contribution in [3.05, 3.63) is 45.5 Å². The molecule has 2 unspecified atom stereocenters. The maximum atomic E-state index is 11.6. The van der Waals surface area contributed by atoms with Gasteiger partial charge in [0.05, 0.1) is 6.61 Å². The summed E-state index contributed by atoms with van der Waals surface area (Å²) in [4.78, 5) is 22.3. The molecule has 2 atom stereocenters. The van der Waals surface area contributed by atoms with E-state index >= 15 is 0 Å². The molecule has 0 heterocycles. The molecule has 0 bridgehead atoms. The quantitative estimate of drug-likeness (QED) is 0.385. The topological polar surface area (TPSA) is 81.5 Å². The number of benzene rings is 1. The molecule has 0 aromatic heterocycles. The lowest BCUT2D eigenvalue weighted by Gasteiger charge is -2.26. The summed E-state index contributed by atoms with van der Waals surface area (Å²) in [7, 11) is 0. The zero-order chi connectivity index (χ0) is 15.3. The predicted molar refractivity (Wildman–Crippen MR) is 78.4 cm³/mol. The minimum Gasteiger partial charge on any atom is -0.450 e. The maximum Gasteiger partial charge on any atom is 0.407 e. The molecule has 1 rings (SSSR count). The van der Waals surface area contributed by atoms with E-state index in [0.29, 0.717) is 5.56 Å². The number of nitrogens with zero attached hydrogens (tertiary/aromatic N) is 1. The van der Waals surface area contributed by atoms with E-state index in [-0.39, 0.29) is 6.61 Å². The van der Waals surface area contributed by atoms with Gasteiger partial charge in [-0.1, -0.05) is 29.8 Å². The van der Waals surface area contributed by atoms with Crippen LogP contribution in [0.25, 0.3) is 0 Å².